The largest absolute Gasteiger partial charge is 0.508 e. The molecule has 0 radical (unpaired) electrons. The van der Waals surface area contributed by atoms with Crippen LogP contribution in [0.15, 0.2) is 67.1 Å². The lowest BCUT2D eigenvalue weighted by molar-refractivity contribution is -0.121. The van der Waals surface area contributed by atoms with Crippen LogP contribution in [0, 0.1) is 0 Å². The number of imidazole rings is 1. The van der Waals surface area contributed by atoms with E-state index in [1.807, 2.05) is 47.9 Å². The van der Waals surface area contributed by atoms with Gasteiger partial charge in [-0.2, -0.15) is 0 Å². The van der Waals surface area contributed by atoms with E-state index in [9.17, 15) is 9.90 Å². The highest BCUT2D eigenvalue weighted by atomic mass is 16.3. The molecule has 0 unspecified atom stereocenters. The van der Waals surface area contributed by atoms with Gasteiger partial charge in [0.15, 0.2) is 0 Å². The van der Waals surface area contributed by atoms with Crippen LogP contribution in [-0.4, -0.2) is 20.6 Å². The van der Waals surface area contributed by atoms with Gasteiger partial charge in [0.25, 0.3) is 0 Å². The van der Waals surface area contributed by atoms with Gasteiger partial charge in [-0.05, 0) is 30.2 Å². The zero-order valence-electron chi connectivity index (χ0n) is 14.1. The van der Waals surface area contributed by atoms with Crippen LogP contribution in [0.5, 0.6) is 5.75 Å². The van der Waals surface area contributed by atoms with E-state index in [2.05, 4.69) is 10.3 Å². The number of aromatic nitrogens is 2. The van der Waals surface area contributed by atoms with Crippen molar-refractivity contribution in [3.8, 4) is 5.75 Å². The Hall–Kier alpha value is -3.08. The Morgan fingerprint density at radius 3 is 2.76 bits per heavy atom. The Bertz CT molecular complexity index is 843. The molecule has 2 aromatic carbocycles. The van der Waals surface area contributed by atoms with Crippen LogP contribution in [0.1, 0.15) is 29.8 Å². The number of hydrogen-bond acceptors (Lipinski definition) is 3. The van der Waals surface area contributed by atoms with E-state index in [1.54, 1.807) is 30.7 Å². The molecule has 128 valence electrons. The second-order valence-corrected chi connectivity index (χ2v) is 6.06. The van der Waals surface area contributed by atoms with E-state index < -0.39 is 0 Å². The molecule has 25 heavy (non-hydrogen) atoms. The Kier molecular flexibility index (Phi) is 5.14. The molecule has 1 aromatic heterocycles. The van der Waals surface area contributed by atoms with Gasteiger partial charge in [0, 0.05) is 18.4 Å². The molecule has 1 amide bonds. The number of hydrogen-bond donors (Lipinski definition) is 2. The van der Waals surface area contributed by atoms with E-state index >= 15 is 0 Å². The third-order valence-corrected chi connectivity index (χ3v) is 4.08. The van der Waals surface area contributed by atoms with Crippen molar-refractivity contribution in [2.45, 2.75) is 25.9 Å². The number of nitrogens with zero attached hydrogens (tertiary/aromatic N) is 2. The normalized spacial score (nSPS) is 11.9. The van der Waals surface area contributed by atoms with E-state index in [-0.39, 0.29) is 24.1 Å². The molecular formula is C20H21N3O2. The van der Waals surface area contributed by atoms with Crippen LogP contribution < -0.4 is 5.32 Å². The second-order valence-electron chi connectivity index (χ2n) is 6.06. The first-order valence-electron chi connectivity index (χ1n) is 8.23. The summed E-state index contributed by atoms with van der Waals surface area (Å²) in [4.78, 5) is 16.5. The van der Waals surface area contributed by atoms with E-state index in [0.717, 1.165) is 16.8 Å². The zero-order valence-corrected chi connectivity index (χ0v) is 14.1. The molecule has 1 atom stereocenters. The van der Waals surface area contributed by atoms with Gasteiger partial charge in [0.1, 0.15) is 5.75 Å². The first-order chi connectivity index (χ1) is 12.1. The van der Waals surface area contributed by atoms with Crippen molar-refractivity contribution in [1.29, 1.82) is 0 Å². The molecule has 5 heteroatoms. The minimum atomic E-state index is -0.176. The summed E-state index contributed by atoms with van der Waals surface area (Å²) in [5.41, 5.74) is 2.89. The van der Waals surface area contributed by atoms with Crippen molar-refractivity contribution >= 4 is 5.91 Å². The quantitative estimate of drug-likeness (QED) is 0.727. The van der Waals surface area contributed by atoms with Crippen molar-refractivity contribution in [3.63, 3.8) is 0 Å². The highest BCUT2D eigenvalue weighted by molar-refractivity contribution is 5.78. The zero-order chi connectivity index (χ0) is 17.6. The van der Waals surface area contributed by atoms with E-state index in [1.165, 1.54) is 0 Å². The summed E-state index contributed by atoms with van der Waals surface area (Å²) in [6.07, 6.45) is 3.73. The molecule has 0 saturated heterocycles. The lowest BCUT2D eigenvalue weighted by Crippen LogP contribution is -2.28. The monoisotopic (exact) mass is 335 g/mol. The first kappa shape index (κ1) is 16.8. The summed E-state index contributed by atoms with van der Waals surface area (Å²) in [5.74, 6) is 0.116. The SMILES string of the molecule is C[C@@H](NC(=O)Cc1cncn1Cc1ccccc1)c1cccc(O)c1. The molecule has 0 spiro atoms. The smallest absolute Gasteiger partial charge is 0.226 e. The molecule has 0 aliphatic rings. The molecular weight excluding hydrogens is 314 g/mol. The lowest BCUT2D eigenvalue weighted by atomic mass is 10.1. The molecule has 2 N–H and O–H groups in total. The number of aromatic hydroxyl groups is 1. The number of amides is 1. The summed E-state index contributed by atoms with van der Waals surface area (Å²) >= 11 is 0. The van der Waals surface area contributed by atoms with E-state index in [4.69, 9.17) is 0 Å². The Labute approximate surface area is 147 Å². The van der Waals surface area contributed by atoms with Gasteiger partial charge < -0.3 is 15.0 Å². The van der Waals surface area contributed by atoms with Gasteiger partial charge in [0.2, 0.25) is 5.91 Å². The van der Waals surface area contributed by atoms with Crippen LogP contribution in [0.3, 0.4) is 0 Å². The summed E-state index contributed by atoms with van der Waals surface area (Å²) < 4.78 is 1.98. The van der Waals surface area contributed by atoms with Crippen LogP contribution in [0.4, 0.5) is 0 Å². The average molecular weight is 335 g/mol. The van der Waals surface area contributed by atoms with Gasteiger partial charge in [-0.15, -0.1) is 0 Å². The summed E-state index contributed by atoms with van der Waals surface area (Å²) in [5, 5.41) is 12.5. The number of rotatable bonds is 6. The standard InChI is InChI=1S/C20H21N3O2/c1-15(17-8-5-9-19(24)10-17)22-20(25)11-18-12-21-14-23(18)13-16-6-3-2-4-7-16/h2-10,12,14-15,24H,11,13H2,1H3,(H,22,25)/t15-/m1/s1. The maximum atomic E-state index is 12.4. The fraction of sp³-hybridized carbons (Fsp3) is 0.200. The topological polar surface area (TPSA) is 67.2 Å². The highest BCUT2D eigenvalue weighted by Gasteiger charge is 2.13. The predicted octanol–water partition coefficient (Wildman–Crippen LogP) is 3.06. The minimum absolute atomic E-state index is 0.0781. The third kappa shape index (κ3) is 4.47. The second kappa shape index (κ2) is 7.66. The Morgan fingerprint density at radius 1 is 1.20 bits per heavy atom. The molecule has 0 fully saturated rings. The lowest BCUT2D eigenvalue weighted by Gasteiger charge is -2.15. The van der Waals surface area contributed by atoms with Gasteiger partial charge in [-0.1, -0.05) is 42.5 Å². The maximum Gasteiger partial charge on any atom is 0.226 e. The van der Waals surface area contributed by atoms with Gasteiger partial charge in [-0.3, -0.25) is 4.79 Å². The molecule has 3 aromatic rings. The van der Waals surface area contributed by atoms with Crippen LogP contribution >= 0.6 is 0 Å². The molecule has 0 aliphatic carbocycles. The van der Waals surface area contributed by atoms with Gasteiger partial charge >= 0.3 is 0 Å². The highest BCUT2D eigenvalue weighted by Crippen LogP contribution is 2.18. The van der Waals surface area contributed by atoms with Crippen molar-refractivity contribution < 1.29 is 9.90 Å². The number of carbonyl (C=O) groups is 1. The summed E-state index contributed by atoms with van der Waals surface area (Å²) in [6, 6.07) is 16.8. The maximum absolute atomic E-state index is 12.4. The van der Waals surface area contributed by atoms with Crippen LogP contribution in [-0.2, 0) is 17.8 Å². The van der Waals surface area contributed by atoms with Crippen LogP contribution in [0.2, 0.25) is 0 Å². The molecule has 0 bridgehead atoms. The minimum Gasteiger partial charge on any atom is -0.508 e. The molecule has 0 saturated carbocycles. The fourth-order valence-electron chi connectivity index (χ4n) is 2.75. The summed E-state index contributed by atoms with van der Waals surface area (Å²) in [7, 11) is 0. The Morgan fingerprint density at radius 2 is 2.00 bits per heavy atom. The van der Waals surface area contributed by atoms with E-state index in [0.29, 0.717) is 6.54 Å². The number of benzene rings is 2. The molecule has 3 rings (SSSR count). The van der Waals surface area contributed by atoms with Crippen molar-refractivity contribution in [2.75, 3.05) is 0 Å². The number of phenols is 1. The molecule has 5 nitrogen and oxygen atoms in total. The number of carbonyl (C=O) groups excluding carboxylic acids is 1. The van der Waals surface area contributed by atoms with Gasteiger partial charge in [0.05, 0.1) is 18.8 Å². The first-order valence-corrected chi connectivity index (χ1v) is 8.23. The Balaban J connectivity index is 1.63. The van der Waals surface area contributed by atoms with Crippen LogP contribution in [0.25, 0.3) is 0 Å². The van der Waals surface area contributed by atoms with Crippen molar-refractivity contribution in [3.05, 3.63) is 83.9 Å². The average Bonchev–Trinajstić information content (AvgIpc) is 3.02. The molecule has 0 aliphatic heterocycles. The van der Waals surface area contributed by atoms with Crippen molar-refractivity contribution in [1.82, 2.24) is 14.9 Å². The fourth-order valence-corrected chi connectivity index (χ4v) is 2.75. The predicted molar refractivity (Wildman–Crippen MR) is 96.1 cm³/mol. The van der Waals surface area contributed by atoms with Gasteiger partial charge in [-0.25, -0.2) is 4.98 Å². The number of phenolic OH excluding ortho intramolecular Hbond substituents is 1. The summed E-state index contributed by atoms with van der Waals surface area (Å²) in [6.45, 7) is 2.58. The van der Waals surface area contributed by atoms with Crippen molar-refractivity contribution in [2.24, 2.45) is 0 Å². The third-order valence-electron chi connectivity index (χ3n) is 4.08. The number of nitrogens with one attached hydrogen (secondary N) is 1. The molecule has 1 heterocycles.